The quantitative estimate of drug-likeness (QED) is 0.845. The first-order chi connectivity index (χ1) is 10.8. The summed E-state index contributed by atoms with van der Waals surface area (Å²) in [6, 6.07) is 11.3. The fourth-order valence-electron chi connectivity index (χ4n) is 1.91. The smallest absolute Gasteiger partial charge is 0.253 e. The molecule has 2 rings (SSSR count). The molecule has 8 heteroatoms. The summed E-state index contributed by atoms with van der Waals surface area (Å²) >= 11 is 11.9. The van der Waals surface area contributed by atoms with E-state index in [1.54, 1.807) is 30.3 Å². The van der Waals surface area contributed by atoms with Gasteiger partial charge in [-0.25, -0.2) is 8.42 Å². The van der Waals surface area contributed by atoms with Crippen molar-refractivity contribution in [2.24, 2.45) is 0 Å². The van der Waals surface area contributed by atoms with Gasteiger partial charge < -0.3 is 5.32 Å². The average molecular weight is 373 g/mol. The van der Waals surface area contributed by atoms with E-state index < -0.39 is 15.9 Å². The first-order valence-corrected chi connectivity index (χ1v) is 9.20. The molecule has 0 bridgehead atoms. The van der Waals surface area contributed by atoms with Gasteiger partial charge in [-0.05, 0) is 29.8 Å². The SMILES string of the molecule is CS(=O)(=O)Nc1ccccc1C(=O)NCc1ccc(Cl)cc1Cl. The van der Waals surface area contributed by atoms with Crippen molar-refractivity contribution in [3.05, 3.63) is 63.6 Å². The molecule has 0 radical (unpaired) electrons. The lowest BCUT2D eigenvalue weighted by Gasteiger charge is -2.11. The monoisotopic (exact) mass is 372 g/mol. The Morgan fingerprint density at radius 3 is 2.48 bits per heavy atom. The molecular weight excluding hydrogens is 359 g/mol. The molecule has 0 heterocycles. The molecule has 0 saturated carbocycles. The number of hydrogen-bond acceptors (Lipinski definition) is 3. The molecule has 0 saturated heterocycles. The minimum atomic E-state index is -3.48. The van der Waals surface area contributed by atoms with Crippen LogP contribution < -0.4 is 10.0 Å². The van der Waals surface area contributed by atoms with Crippen molar-refractivity contribution >= 4 is 44.8 Å². The van der Waals surface area contributed by atoms with Crippen molar-refractivity contribution < 1.29 is 13.2 Å². The molecule has 0 atom stereocenters. The van der Waals surface area contributed by atoms with Gasteiger partial charge in [0.25, 0.3) is 5.91 Å². The molecule has 23 heavy (non-hydrogen) atoms. The molecule has 0 aliphatic carbocycles. The van der Waals surface area contributed by atoms with Gasteiger partial charge in [0.05, 0.1) is 17.5 Å². The van der Waals surface area contributed by atoms with Gasteiger partial charge in [-0.2, -0.15) is 0 Å². The van der Waals surface area contributed by atoms with E-state index in [4.69, 9.17) is 23.2 Å². The van der Waals surface area contributed by atoms with E-state index in [0.717, 1.165) is 6.26 Å². The van der Waals surface area contributed by atoms with Crippen LogP contribution in [-0.2, 0) is 16.6 Å². The van der Waals surface area contributed by atoms with Gasteiger partial charge in [0.1, 0.15) is 0 Å². The Balaban J connectivity index is 2.15. The molecule has 0 spiro atoms. The molecule has 0 aliphatic heterocycles. The minimum Gasteiger partial charge on any atom is -0.348 e. The van der Waals surface area contributed by atoms with Gasteiger partial charge >= 0.3 is 0 Å². The summed E-state index contributed by atoms with van der Waals surface area (Å²) in [5, 5.41) is 3.65. The number of nitrogens with one attached hydrogen (secondary N) is 2. The van der Waals surface area contributed by atoms with E-state index in [1.807, 2.05) is 0 Å². The van der Waals surface area contributed by atoms with Gasteiger partial charge in [0.2, 0.25) is 10.0 Å². The highest BCUT2D eigenvalue weighted by Crippen LogP contribution is 2.21. The van der Waals surface area contributed by atoms with Crippen LogP contribution in [0.3, 0.4) is 0 Å². The number of amides is 1. The summed E-state index contributed by atoms with van der Waals surface area (Å²) in [5.41, 5.74) is 1.15. The third kappa shape index (κ3) is 5.13. The molecule has 2 aromatic rings. The summed E-state index contributed by atoms with van der Waals surface area (Å²) in [6.07, 6.45) is 1.02. The second-order valence-electron chi connectivity index (χ2n) is 4.84. The lowest BCUT2D eigenvalue weighted by molar-refractivity contribution is 0.0952. The number of halogens is 2. The summed E-state index contributed by atoms with van der Waals surface area (Å²) in [7, 11) is -3.48. The lowest BCUT2D eigenvalue weighted by atomic mass is 10.1. The maximum absolute atomic E-state index is 12.3. The highest BCUT2D eigenvalue weighted by molar-refractivity contribution is 7.92. The van der Waals surface area contributed by atoms with Crippen LogP contribution in [0, 0.1) is 0 Å². The second-order valence-corrected chi connectivity index (χ2v) is 7.43. The molecule has 122 valence electrons. The van der Waals surface area contributed by atoms with E-state index in [2.05, 4.69) is 10.0 Å². The Morgan fingerprint density at radius 2 is 1.83 bits per heavy atom. The Bertz CT molecular complexity index is 838. The zero-order valence-electron chi connectivity index (χ0n) is 12.1. The number of rotatable bonds is 5. The third-order valence-corrected chi connectivity index (χ3v) is 4.10. The van der Waals surface area contributed by atoms with E-state index in [1.165, 1.54) is 12.1 Å². The van der Waals surface area contributed by atoms with Gasteiger partial charge in [-0.3, -0.25) is 9.52 Å². The van der Waals surface area contributed by atoms with Crippen molar-refractivity contribution in [2.45, 2.75) is 6.54 Å². The molecule has 1 amide bonds. The van der Waals surface area contributed by atoms with Crippen molar-refractivity contribution in [3.8, 4) is 0 Å². The minimum absolute atomic E-state index is 0.196. The molecule has 2 N–H and O–H groups in total. The Kier molecular flexibility index (Phi) is 5.51. The lowest BCUT2D eigenvalue weighted by Crippen LogP contribution is -2.24. The van der Waals surface area contributed by atoms with E-state index in [9.17, 15) is 13.2 Å². The Labute approximate surface area is 144 Å². The number of sulfonamides is 1. The first kappa shape index (κ1) is 17.6. The normalized spacial score (nSPS) is 11.1. The highest BCUT2D eigenvalue weighted by atomic mass is 35.5. The average Bonchev–Trinajstić information content (AvgIpc) is 2.45. The Hall–Kier alpha value is -1.76. The standard InChI is InChI=1S/C15H14Cl2N2O3S/c1-23(21,22)19-14-5-3-2-4-12(14)15(20)18-9-10-6-7-11(16)8-13(10)17/h2-8,19H,9H2,1H3,(H,18,20). The molecule has 0 fully saturated rings. The summed E-state index contributed by atoms with van der Waals surface area (Å²) in [6.45, 7) is 0.196. The maximum Gasteiger partial charge on any atom is 0.253 e. The number of carbonyl (C=O) groups is 1. The van der Waals surface area contributed by atoms with Crippen molar-refractivity contribution in [2.75, 3.05) is 11.0 Å². The van der Waals surface area contributed by atoms with Gasteiger partial charge in [0, 0.05) is 16.6 Å². The van der Waals surface area contributed by atoms with Crippen molar-refractivity contribution in [3.63, 3.8) is 0 Å². The van der Waals surface area contributed by atoms with Gasteiger partial charge in [-0.15, -0.1) is 0 Å². The fourth-order valence-corrected chi connectivity index (χ4v) is 2.96. The van der Waals surface area contributed by atoms with Crippen LogP contribution in [0.2, 0.25) is 10.0 Å². The predicted molar refractivity (Wildman–Crippen MR) is 92.5 cm³/mol. The molecule has 0 aromatic heterocycles. The zero-order chi connectivity index (χ0) is 17.0. The van der Waals surface area contributed by atoms with Crippen molar-refractivity contribution in [1.82, 2.24) is 5.32 Å². The van der Waals surface area contributed by atoms with E-state index in [-0.39, 0.29) is 17.8 Å². The second kappa shape index (κ2) is 7.21. The molecule has 5 nitrogen and oxygen atoms in total. The third-order valence-electron chi connectivity index (χ3n) is 2.92. The largest absolute Gasteiger partial charge is 0.348 e. The number of carbonyl (C=O) groups excluding carboxylic acids is 1. The van der Waals surface area contributed by atoms with Crippen LogP contribution in [0.25, 0.3) is 0 Å². The number of para-hydroxylation sites is 1. The Morgan fingerprint density at radius 1 is 1.13 bits per heavy atom. The summed E-state index contributed by atoms with van der Waals surface area (Å²) < 4.78 is 25.0. The molecular formula is C15H14Cl2N2O3S. The molecule has 0 aliphatic rings. The van der Waals surface area contributed by atoms with Crippen LogP contribution in [0.5, 0.6) is 0 Å². The predicted octanol–water partition coefficient (Wildman–Crippen LogP) is 3.29. The van der Waals surface area contributed by atoms with E-state index in [0.29, 0.717) is 15.6 Å². The van der Waals surface area contributed by atoms with Crippen LogP contribution >= 0.6 is 23.2 Å². The van der Waals surface area contributed by atoms with Gasteiger partial charge in [-0.1, -0.05) is 41.4 Å². The van der Waals surface area contributed by atoms with Crippen LogP contribution in [0.15, 0.2) is 42.5 Å². The zero-order valence-corrected chi connectivity index (χ0v) is 14.5. The topological polar surface area (TPSA) is 75.3 Å². The van der Waals surface area contributed by atoms with E-state index >= 15 is 0 Å². The van der Waals surface area contributed by atoms with Crippen LogP contribution in [0.1, 0.15) is 15.9 Å². The molecule has 0 unspecified atom stereocenters. The van der Waals surface area contributed by atoms with Crippen molar-refractivity contribution in [1.29, 1.82) is 0 Å². The number of hydrogen-bond donors (Lipinski definition) is 2. The fraction of sp³-hybridized carbons (Fsp3) is 0.133. The number of benzene rings is 2. The maximum atomic E-state index is 12.3. The summed E-state index contributed by atoms with van der Waals surface area (Å²) in [4.78, 5) is 12.3. The number of anilines is 1. The summed E-state index contributed by atoms with van der Waals surface area (Å²) in [5.74, 6) is -0.414. The highest BCUT2D eigenvalue weighted by Gasteiger charge is 2.14. The van der Waals surface area contributed by atoms with Gasteiger partial charge in [0.15, 0.2) is 0 Å². The van der Waals surface area contributed by atoms with Crippen LogP contribution in [0.4, 0.5) is 5.69 Å². The first-order valence-electron chi connectivity index (χ1n) is 6.55. The molecule has 2 aromatic carbocycles. The van der Waals surface area contributed by atoms with Crippen LogP contribution in [-0.4, -0.2) is 20.6 Å².